The van der Waals surface area contributed by atoms with Crippen LogP contribution in [0.3, 0.4) is 0 Å². The summed E-state index contributed by atoms with van der Waals surface area (Å²) < 4.78 is 0. The third kappa shape index (κ3) is 10.2. The first kappa shape index (κ1) is 27.9. The second kappa shape index (κ2) is 14.8. The summed E-state index contributed by atoms with van der Waals surface area (Å²) in [6, 6.07) is 16.2. The number of carbonyl (C=O) groups excluding carboxylic acids is 4. The van der Waals surface area contributed by atoms with Gasteiger partial charge in [-0.1, -0.05) is 60.7 Å². The summed E-state index contributed by atoms with van der Waals surface area (Å²) in [5.74, 6) is -1.21. The molecule has 2 rings (SSSR count). The smallest absolute Gasteiger partial charge is 0.243 e. The van der Waals surface area contributed by atoms with Gasteiger partial charge in [-0.15, -0.1) is 0 Å². The number of nitrogens with two attached hydrogens (primary N) is 1. The van der Waals surface area contributed by atoms with Crippen molar-refractivity contribution in [1.82, 2.24) is 16.0 Å². The van der Waals surface area contributed by atoms with Crippen LogP contribution in [0.2, 0.25) is 0 Å². The van der Waals surface area contributed by atoms with Crippen LogP contribution in [0.25, 0.3) is 0 Å². The second-order valence-corrected chi connectivity index (χ2v) is 9.26. The van der Waals surface area contributed by atoms with Gasteiger partial charge in [-0.3, -0.25) is 19.2 Å². The van der Waals surface area contributed by atoms with Crippen LogP contribution >= 0.6 is 11.8 Å². The van der Waals surface area contributed by atoms with E-state index >= 15 is 0 Å². The first-order valence-electron chi connectivity index (χ1n) is 11.6. The molecule has 0 saturated carbocycles. The SMILES string of the molecule is CSCC[C@H](NC(=O)CCc1ccccc1)C(=O)N[C@@H](C)C(=O)N[C@@H](Cc1ccccc1)C(N)=O. The van der Waals surface area contributed by atoms with Gasteiger partial charge in [0.2, 0.25) is 23.6 Å². The Balaban J connectivity index is 1.92. The van der Waals surface area contributed by atoms with Crippen molar-refractivity contribution in [2.24, 2.45) is 5.73 Å². The molecule has 0 aliphatic heterocycles. The number of aryl methyl sites for hydroxylation is 1. The van der Waals surface area contributed by atoms with Gasteiger partial charge in [0, 0.05) is 12.8 Å². The highest BCUT2D eigenvalue weighted by Gasteiger charge is 2.26. The van der Waals surface area contributed by atoms with E-state index in [1.165, 1.54) is 6.92 Å². The van der Waals surface area contributed by atoms with Gasteiger partial charge in [0.15, 0.2) is 0 Å². The van der Waals surface area contributed by atoms with Crippen LogP contribution in [0.1, 0.15) is 30.9 Å². The molecule has 0 aliphatic carbocycles. The average Bonchev–Trinajstić information content (AvgIpc) is 2.85. The molecule has 3 atom stereocenters. The molecule has 0 heterocycles. The average molecular weight is 499 g/mol. The van der Waals surface area contributed by atoms with Crippen molar-refractivity contribution in [3.63, 3.8) is 0 Å². The molecule has 8 nitrogen and oxygen atoms in total. The number of hydrogen-bond donors (Lipinski definition) is 4. The van der Waals surface area contributed by atoms with Crippen molar-refractivity contribution in [2.45, 2.75) is 50.7 Å². The molecule has 0 aromatic heterocycles. The van der Waals surface area contributed by atoms with Gasteiger partial charge in [0.25, 0.3) is 0 Å². The van der Waals surface area contributed by atoms with E-state index in [9.17, 15) is 19.2 Å². The van der Waals surface area contributed by atoms with Gasteiger partial charge in [-0.2, -0.15) is 11.8 Å². The zero-order valence-corrected chi connectivity index (χ0v) is 21.0. The molecule has 0 fully saturated rings. The number of benzene rings is 2. The second-order valence-electron chi connectivity index (χ2n) is 8.27. The Morgan fingerprint density at radius 2 is 1.43 bits per heavy atom. The molecule has 2 aromatic rings. The fourth-order valence-electron chi connectivity index (χ4n) is 3.42. The molecular weight excluding hydrogens is 464 g/mol. The third-order valence-electron chi connectivity index (χ3n) is 5.44. The Bertz CT molecular complexity index is 972. The van der Waals surface area contributed by atoms with E-state index in [1.54, 1.807) is 11.8 Å². The lowest BCUT2D eigenvalue weighted by Gasteiger charge is -2.23. The van der Waals surface area contributed by atoms with Crippen molar-refractivity contribution in [3.8, 4) is 0 Å². The van der Waals surface area contributed by atoms with Crippen molar-refractivity contribution in [2.75, 3.05) is 12.0 Å². The first-order valence-corrected chi connectivity index (χ1v) is 13.0. The van der Waals surface area contributed by atoms with E-state index < -0.39 is 35.8 Å². The molecule has 5 N–H and O–H groups in total. The van der Waals surface area contributed by atoms with Crippen molar-refractivity contribution < 1.29 is 19.2 Å². The van der Waals surface area contributed by atoms with Gasteiger partial charge in [0.1, 0.15) is 18.1 Å². The topological polar surface area (TPSA) is 130 Å². The normalized spacial score (nSPS) is 13.2. The molecule has 188 valence electrons. The molecular formula is C26H34N4O4S. The number of primary amides is 1. The van der Waals surface area contributed by atoms with Crippen LogP contribution in [0.15, 0.2) is 60.7 Å². The molecule has 35 heavy (non-hydrogen) atoms. The Hall–Kier alpha value is -3.33. The highest BCUT2D eigenvalue weighted by atomic mass is 32.2. The van der Waals surface area contributed by atoms with Gasteiger partial charge in [-0.25, -0.2) is 0 Å². The number of carbonyl (C=O) groups is 4. The van der Waals surface area contributed by atoms with Crippen LogP contribution in [-0.4, -0.2) is 53.8 Å². The quantitative estimate of drug-likeness (QED) is 0.314. The predicted molar refractivity (Wildman–Crippen MR) is 139 cm³/mol. The Morgan fingerprint density at radius 1 is 0.829 bits per heavy atom. The van der Waals surface area contributed by atoms with E-state index in [-0.39, 0.29) is 18.7 Å². The summed E-state index contributed by atoms with van der Waals surface area (Å²) in [7, 11) is 0. The summed E-state index contributed by atoms with van der Waals surface area (Å²) >= 11 is 1.56. The van der Waals surface area contributed by atoms with Crippen LogP contribution in [0.4, 0.5) is 0 Å². The molecule has 4 amide bonds. The van der Waals surface area contributed by atoms with Crippen LogP contribution in [0, 0.1) is 0 Å². The number of thioether (sulfide) groups is 1. The Kier molecular flexibility index (Phi) is 11.8. The fraction of sp³-hybridized carbons (Fsp3) is 0.385. The lowest BCUT2D eigenvalue weighted by atomic mass is 10.1. The largest absolute Gasteiger partial charge is 0.368 e. The highest BCUT2D eigenvalue weighted by Crippen LogP contribution is 2.06. The van der Waals surface area contributed by atoms with Crippen LogP contribution in [-0.2, 0) is 32.0 Å². The minimum atomic E-state index is -0.918. The summed E-state index contributed by atoms with van der Waals surface area (Å²) in [5, 5.41) is 8.05. The van der Waals surface area contributed by atoms with Crippen molar-refractivity contribution in [1.29, 1.82) is 0 Å². The molecule has 0 bridgehead atoms. The number of hydrogen-bond acceptors (Lipinski definition) is 5. The minimum absolute atomic E-state index is 0.233. The first-order chi connectivity index (χ1) is 16.8. The van der Waals surface area contributed by atoms with Gasteiger partial charge < -0.3 is 21.7 Å². The molecule has 0 radical (unpaired) electrons. The third-order valence-corrected chi connectivity index (χ3v) is 6.08. The van der Waals surface area contributed by atoms with E-state index in [1.807, 2.05) is 66.9 Å². The molecule has 0 spiro atoms. The maximum Gasteiger partial charge on any atom is 0.243 e. The maximum atomic E-state index is 12.9. The lowest BCUT2D eigenvalue weighted by Crippen LogP contribution is -2.55. The fourth-order valence-corrected chi connectivity index (χ4v) is 3.89. The summed E-state index contributed by atoms with van der Waals surface area (Å²) in [6.45, 7) is 1.52. The monoisotopic (exact) mass is 498 g/mol. The van der Waals surface area contributed by atoms with Crippen LogP contribution < -0.4 is 21.7 Å². The minimum Gasteiger partial charge on any atom is -0.368 e. The van der Waals surface area contributed by atoms with Crippen LogP contribution in [0.5, 0.6) is 0 Å². The number of amides is 4. The van der Waals surface area contributed by atoms with Gasteiger partial charge in [0.05, 0.1) is 0 Å². The van der Waals surface area contributed by atoms with Crippen molar-refractivity contribution >= 4 is 35.4 Å². The molecule has 0 saturated heterocycles. The van der Waals surface area contributed by atoms with E-state index in [2.05, 4.69) is 16.0 Å². The van der Waals surface area contributed by atoms with Gasteiger partial charge in [-0.05, 0) is 42.9 Å². The molecule has 0 unspecified atom stereocenters. The highest BCUT2D eigenvalue weighted by molar-refractivity contribution is 7.98. The van der Waals surface area contributed by atoms with E-state index in [0.29, 0.717) is 18.6 Å². The Morgan fingerprint density at radius 3 is 2.00 bits per heavy atom. The molecule has 2 aromatic carbocycles. The maximum absolute atomic E-state index is 12.9. The summed E-state index contributed by atoms with van der Waals surface area (Å²) in [6.07, 6.45) is 3.41. The predicted octanol–water partition coefficient (Wildman–Crippen LogP) is 1.57. The standard InChI is InChI=1S/C26H34N4O4S/c1-18(25(33)30-22(24(27)32)17-20-11-7-4-8-12-20)28-26(34)21(15-16-35-2)29-23(31)14-13-19-9-5-3-6-10-19/h3-12,18,21-22H,13-17H2,1-2H3,(H2,27,32)(H,28,34)(H,29,31)(H,30,33)/t18-,21-,22-/m0/s1. The number of rotatable bonds is 14. The molecule has 9 heteroatoms. The Labute approximate surface area is 210 Å². The summed E-state index contributed by atoms with van der Waals surface area (Å²) in [5.41, 5.74) is 7.36. The number of nitrogens with one attached hydrogen (secondary N) is 3. The van der Waals surface area contributed by atoms with E-state index in [4.69, 9.17) is 5.73 Å². The summed E-state index contributed by atoms with van der Waals surface area (Å²) in [4.78, 5) is 49.9. The van der Waals surface area contributed by atoms with Crippen molar-refractivity contribution in [3.05, 3.63) is 71.8 Å². The molecule has 0 aliphatic rings. The lowest BCUT2D eigenvalue weighted by molar-refractivity contribution is -0.133. The van der Waals surface area contributed by atoms with E-state index in [0.717, 1.165) is 11.1 Å². The zero-order valence-electron chi connectivity index (χ0n) is 20.2. The van der Waals surface area contributed by atoms with Gasteiger partial charge >= 0.3 is 0 Å². The zero-order chi connectivity index (χ0) is 25.6.